The Morgan fingerprint density at radius 3 is 2.54 bits per heavy atom. The Labute approximate surface area is 161 Å². The normalized spacial score (nSPS) is 16.7. The lowest BCUT2D eigenvalue weighted by atomic mass is 10.0. The second kappa shape index (κ2) is 6.35. The lowest BCUT2D eigenvalue weighted by Gasteiger charge is -2.27. The molecule has 1 amide bonds. The fourth-order valence-electron chi connectivity index (χ4n) is 3.20. The lowest BCUT2D eigenvalue weighted by molar-refractivity contribution is 0.0188. The SMILES string of the molecule is COc1cc2c3c(c(=O)[nH]c2c(Cl)c1Cl)CN(C(=O)OC(C)(C)C)[C@H]3C. The molecule has 1 aromatic heterocycles. The molecule has 3 rings (SSSR count). The Morgan fingerprint density at radius 2 is 1.96 bits per heavy atom. The maximum atomic E-state index is 12.6. The number of methoxy groups -OCH3 is 1. The van der Waals surface area contributed by atoms with Gasteiger partial charge >= 0.3 is 6.09 Å². The zero-order chi connectivity index (χ0) is 19.4. The van der Waals surface area contributed by atoms with Gasteiger partial charge in [-0.2, -0.15) is 0 Å². The molecule has 26 heavy (non-hydrogen) atoms. The number of nitrogens with zero attached hydrogens (tertiary/aromatic N) is 1. The van der Waals surface area contributed by atoms with Gasteiger partial charge in [-0.1, -0.05) is 23.2 Å². The van der Waals surface area contributed by atoms with E-state index in [1.807, 2.05) is 6.92 Å². The molecule has 0 aliphatic carbocycles. The van der Waals surface area contributed by atoms with E-state index in [1.54, 1.807) is 26.8 Å². The van der Waals surface area contributed by atoms with Crippen molar-refractivity contribution < 1.29 is 14.3 Å². The van der Waals surface area contributed by atoms with Crippen LogP contribution in [0.25, 0.3) is 10.9 Å². The summed E-state index contributed by atoms with van der Waals surface area (Å²) in [5.74, 6) is 0.404. The molecule has 1 aromatic carbocycles. The number of aromatic amines is 1. The zero-order valence-corrected chi connectivity index (χ0v) is 16.7. The van der Waals surface area contributed by atoms with Crippen LogP contribution < -0.4 is 10.3 Å². The van der Waals surface area contributed by atoms with E-state index in [4.69, 9.17) is 32.7 Å². The minimum atomic E-state index is -0.625. The van der Waals surface area contributed by atoms with Gasteiger partial charge < -0.3 is 14.5 Å². The first-order valence-corrected chi connectivity index (χ1v) is 8.91. The highest BCUT2D eigenvalue weighted by molar-refractivity contribution is 6.46. The molecule has 0 radical (unpaired) electrons. The molecule has 1 N–H and O–H groups in total. The van der Waals surface area contributed by atoms with Crippen molar-refractivity contribution in [2.45, 2.75) is 45.9 Å². The van der Waals surface area contributed by atoms with Gasteiger partial charge in [0.1, 0.15) is 16.4 Å². The molecular formula is C18H20Cl2N2O4. The first kappa shape index (κ1) is 18.9. The van der Waals surface area contributed by atoms with Gasteiger partial charge in [-0.25, -0.2) is 4.79 Å². The molecule has 1 aliphatic heterocycles. The van der Waals surface area contributed by atoms with Gasteiger partial charge in [-0.15, -0.1) is 0 Å². The molecule has 2 heterocycles. The molecule has 0 saturated heterocycles. The second-order valence-corrected chi connectivity index (χ2v) is 8.02. The number of fused-ring (bicyclic) bond motifs is 3. The monoisotopic (exact) mass is 398 g/mol. The summed E-state index contributed by atoms with van der Waals surface area (Å²) in [6.07, 6.45) is -0.472. The Bertz CT molecular complexity index is 963. The van der Waals surface area contributed by atoms with Crippen LogP contribution >= 0.6 is 23.2 Å². The van der Waals surface area contributed by atoms with Gasteiger partial charge in [-0.05, 0) is 39.3 Å². The van der Waals surface area contributed by atoms with Crippen molar-refractivity contribution in [3.05, 3.63) is 37.6 Å². The predicted molar refractivity (Wildman–Crippen MR) is 101 cm³/mol. The number of hydrogen-bond donors (Lipinski definition) is 1. The lowest BCUT2D eigenvalue weighted by Crippen LogP contribution is -2.35. The number of nitrogens with one attached hydrogen (secondary N) is 1. The smallest absolute Gasteiger partial charge is 0.411 e. The number of ether oxygens (including phenoxy) is 2. The molecule has 0 unspecified atom stereocenters. The fraction of sp³-hybridized carbons (Fsp3) is 0.444. The third-order valence-corrected chi connectivity index (χ3v) is 5.21. The summed E-state index contributed by atoms with van der Waals surface area (Å²) in [5, 5.41) is 1.14. The van der Waals surface area contributed by atoms with Gasteiger partial charge in [-0.3, -0.25) is 9.69 Å². The first-order chi connectivity index (χ1) is 12.0. The number of pyridine rings is 1. The number of aromatic nitrogens is 1. The highest BCUT2D eigenvalue weighted by atomic mass is 35.5. The quantitative estimate of drug-likeness (QED) is 0.758. The van der Waals surface area contributed by atoms with E-state index >= 15 is 0 Å². The van der Waals surface area contributed by atoms with E-state index in [-0.39, 0.29) is 28.2 Å². The zero-order valence-electron chi connectivity index (χ0n) is 15.2. The maximum Gasteiger partial charge on any atom is 0.411 e. The Hall–Kier alpha value is -1.92. The molecule has 8 heteroatoms. The van der Waals surface area contributed by atoms with Crippen molar-refractivity contribution in [3.63, 3.8) is 0 Å². The summed E-state index contributed by atoms with van der Waals surface area (Å²) < 4.78 is 10.8. The van der Waals surface area contributed by atoms with Gasteiger partial charge in [0, 0.05) is 10.9 Å². The molecule has 140 valence electrons. The standard InChI is InChI=1S/C18H20Cl2N2O4/c1-8-12-9-6-11(25-5)13(19)14(20)15(9)21-16(23)10(12)7-22(8)17(24)26-18(2,3)4/h6,8H,7H2,1-5H3,(H,21,23)/t8-/m0/s1. The number of carbonyl (C=O) groups is 1. The minimum Gasteiger partial charge on any atom is -0.495 e. The number of halogens is 2. The maximum absolute atomic E-state index is 12.6. The molecule has 1 aliphatic rings. The van der Waals surface area contributed by atoms with Crippen LogP contribution in [-0.2, 0) is 11.3 Å². The molecule has 0 fully saturated rings. The van der Waals surface area contributed by atoms with Crippen LogP contribution in [0.4, 0.5) is 4.79 Å². The van der Waals surface area contributed by atoms with Crippen LogP contribution in [0.5, 0.6) is 5.75 Å². The molecule has 0 saturated carbocycles. The van der Waals surface area contributed by atoms with Gasteiger partial charge in [0.15, 0.2) is 0 Å². The summed E-state index contributed by atoms with van der Waals surface area (Å²) in [7, 11) is 1.49. The highest BCUT2D eigenvalue weighted by Crippen LogP contribution is 2.43. The highest BCUT2D eigenvalue weighted by Gasteiger charge is 2.37. The number of amides is 1. The van der Waals surface area contributed by atoms with Crippen molar-refractivity contribution in [2.75, 3.05) is 7.11 Å². The van der Waals surface area contributed by atoms with Crippen LogP contribution in [0, 0.1) is 0 Å². The predicted octanol–water partition coefficient (Wildman–Crippen LogP) is 4.66. The van der Waals surface area contributed by atoms with Crippen LogP contribution in [-0.4, -0.2) is 28.7 Å². The summed E-state index contributed by atoms with van der Waals surface area (Å²) in [5.41, 5.74) is 0.746. The summed E-state index contributed by atoms with van der Waals surface area (Å²) in [6, 6.07) is 1.37. The van der Waals surface area contributed by atoms with E-state index in [9.17, 15) is 9.59 Å². The van der Waals surface area contributed by atoms with Crippen molar-refractivity contribution in [2.24, 2.45) is 0 Å². The molecule has 2 aromatic rings. The number of benzene rings is 1. The van der Waals surface area contributed by atoms with E-state index in [0.717, 1.165) is 5.56 Å². The van der Waals surface area contributed by atoms with Gasteiger partial charge in [0.05, 0.1) is 30.2 Å². The molecule has 0 spiro atoms. The van der Waals surface area contributed by atoms with Crippen molar-refractivity contribution in [3.8, 4) is 5.75 Å². The van der Waals surface area contributed by atoms with Crippen molar-refractivity contribution in [1.82, 2.24) is 9.88 Å². The Balaban J connectivity index is 2.18. The van der Waals surface area contributed by atoms with E-state index in [0.29, 0.717) is 22.2 Å². The van der Waals surface area contributed by atoms with Gasteiger partial charge in [0.25, 0.3) is 5.56 Å². The van der Waals surface area contributed by atoms with E-state index < -0.39 is 11.7 Å². The minimum absolute atomic E-state index is 0.166. The number of hydrogen-bond acceptors (Lipinski definition) is 4. The van der Waals surface area contributed by atoms with Crippen molar-refractivity contribution >= 4 is 40.2 Å². The van der Waals surface area contributed by atoms with Crippen LogP contribution in [0.2, 0.25) is 10.0 Å². The number of carbonyl (C=O) groups excluding carboxylic acids is 1. The van der Waals surface area contributed by atoms with Crippen LogP contribution in [0.15, 0.2) is 10.9 Å². The third-order valence-electron chi connectivity index (χ3n) is 4.36. The molecule has 1 atom stereocenters. The summed E-state index contributed by atoms with van der Waals surface area (Å²) in [6.45, 7) is 7.41. The van der Waals surface area contributed by atoms with Crippen LogP contribution in [0.1, 0.15) is 44.9 Å². The third kappa shape index (κ3) is 3.01. The summed E-state index contributed by atoms with van der Waals surface area (Å²) in [4.78, 5) is 29.4. The number of H-pyrrole nitrogens is 1. The largest absolute Gasteiger partial charge is 0.495 e. The average molecular weight is 399 g/mol. The summed E-state index contributed by atoms with van der Waals surface area (Å²) >= 11 is 12.5. The van der Waals surface area contributed by atoms with Crippen molar-refractivity contribution in [1.29, 1.82) is 0 Å². The van der Waals surface area contributed by atoms with E-state index in [2.05, 4.69) is 4.98 Å². The van der Waals surface area contributed by atoms with Gasteiger partial charge in [0.2, 0.25) is 0 Å². The molecular weight excluding hydrogens is 379 g/mol. The first-order valence-electron chi connectivity index (χ1n) is 8.15. The van der Waals surface area contributed by atoms with E-state index in [1.165, 1.54) is 12.0 Å². The Kier molecular flexibility index (Phi) is 4.61. The average Bonchev–Trinajstić information content (AvgIpc) is 2.89. The fourth-order valence-corrected chi connectivity index (χ4v) is 3.67. The topological polar surface area (TPSA) is 71.6 Å². The molecule has 6 nitrogen and oxygen atoms in total. The molecule has 0 bridgehead atoms. The van der Waals surface area contributed by atoms with Crippen LogP contribution in [0.3, 0.4) is 0 Å². The number of rotatable bonds is 1. The second-order valence-electron chi connectivity index (χ2n) is 7.26. The Morgan fingerprint density at radius 1 is 1.31 bits per heavy atom.